The maximum Gasteiger partial charge on any atom is 0.227 e. The van der Waals surface area contributed by atoms with Gasteiger partial charge >= 0.3 is 0 Å². The van der Waals surface area contributed by atoms with Gasteiger partial charge in [-0.3, -0.25) is 9.78 Å². The van der Waals surface area contributed by atoms with Crippen molar-refractivity contribution in [2.75, 3.05) is 13.2 Å². The van der Waals surface area contributed by atoms with Crippen LogP contribution in [0.1, 0.15) is 25.2 Å². The third kappa shape index (κ3) is 3.88. The molecule has 116 valence electrons. The molecule has 3 rings (SSSR count). The molecule has 22 heavy (non-hydrogen) atoms. The van der Waals surface area contributed by atoms with E-state index in [1.165, 1.54) is 0 Å². The van der Waals surface area contributed by atoms with Crippen molar-refractivity contribution in [2.24, 2.45) is 0 Å². The first-order valence-electron chi connectivity index (χ1n) is 7.42. The molecule has 1 saturated heterocycles. The average Bonchev–Trinajstić information content (AvgIpc) is 3.23. The fraction of sp³-hybridized carbons (Fsp3) is 0.467. The van der Waals surface area contributed by atoms with Crippen LogP contribution in [0.3, 0.4) is 0 Å². The van der Waals surface area contributed by atoms with E-state index in [1.54, 1.807) is 12.4 Å². The summed E-state index contributed by atoms with van der Waals surface area (Å²) in [5.41, 5.74) is 0.792. The SMILES string of the molecule is O=C(CCc1nc(-c2cccnc2)no1)NCC1CCCO1. The van der Waals surface area contributed by atoms with Crippen LogP contribution in [0.15, 0.2) is 29.0 Å². The van der Waals surface area contributed by atoms with Crippen LogP contribution < -0.4 is 5.32 Å². The van der Waals surface area contributed by atoms with Crippen LogP contribution in [0.5, 0.6) is 0 Å². The fourth-order valence-corrected chi connectivity index (χ4v) is 2.31. The highest BCUT2D eigenvalue weighted by Crippen LogP contribution is 2.14. The Balaban J connectivity index is 1.45. The maximum absolute atomic E-state index is 11.8. The summed E-state index contributed by atoms with van der Waals surface area (Å²) in [4.78, 5) is 20.1. The number of hydrogen-bond donors (Lipinski definition) is 1. The monoisotopic (exact) mass is 302 g/mol. The lowest BCUT2D eigenvalue weighted by molar-refractivity contribution is -0.121. The standard InChI is InChI=1S/C15H18N4O3/c20-13(17-10-12-4-2-8-21-12)5-6-14-18-15(19-22-14)11-3-1-7-16-9-11/h1,3,7,9,12H,2,4-6,8,10H2,(H,17,20). The van der Waals surface area contributed by atoms with Gasteiger partial charge in [0.25, 0.3) is 0 Å². The summed E-state index contributed by atoms with van der Waals surface area (Å²) in [5.74, 6) is 0.908. The Morgan fingerprint density at radius 2 is 2.41 bits per heavy atom. The number of rotatable bonds is 6. The molecule has 1 fully saturated rings. The van der Waals surface area contributed by atoms with Crippen molar-refractivity contribution < 1.29 is 14.1 Å². The molecular weight excluding hydrogens is 284 g/mol. The molecule has 0 aromatic carbocycles. The van der Waals surface area contributed by atoms with Gasteiger partial charge in [0, 0.05) is 44.0 Å². The molecule has 7 nitrogen and oxygen atoms in total. The maximum atomic E-state index is 11.8. The van der Waals surface area contributed by atoms with Crippen LogP contribution >= 0.6 is 0 Å². The third-order valence-electron chi connectivity index (χ3n) is 3.50. The number of nitrogens with one attached hydrogen (secondary N) is 1. The molecule has 1 unspecified atom stereocenters. The molecule has 1 atom stereocenters. The van der Waals surface area contributed by atoms with Gasteiger partial charge in [-0.05, 0) is 25.0 Å². The van der Waals surface area contributed by atoms with E-state index < -0.39 is 0 Å². The normalized spacial score (nSPS) is 17.5. The minimum absolute atomic E-state index is 0.0309. The number of nitrogens with zero attached hydrogens (tertiary/aromatic N) is 3. The minimum Gasteiger partial charge on any atom is -0.376 e. The third-order valence-corrected chi connectivity index (χ3v) is 3.50. The van der Waals surface area contributed by atoms with E-state index in [0.29, 0.717) is 31.1 Å². The average molecular weight is 302 g/mol. The van der Waals surface area contributed by atoms with Gasteiger partial charge in [0.05, 0.1) is 6.10 Å². The number of amides is 1. The second kappa shape index (κ2) is 7.13. The molecule has 1 aliphatic rings. The van der Waals surface area contributed by atoms with Gasteiger partial charge in [-0.25, -0.2) is 0 Å². The van der Waals surface area contributed by atoms with Crippen molar-refractivity contribution in [3.05, 3.63) is 30.4 Å². The molecular formula is C15H18N4O3. The van der Waals surface area contributed by atoms with Gasteiger partial charge in [0.15, 0.2) is 0 Å². The van der Waals surface area contributed by atoms with Gasteiger partial charge < -0.3 is 14.6 Å². The van der Waals surface area contributed by atoms with Gasteiger partial charge in [0.2, 0.25) is 17.6 Å². The predicted molar refractivity (Wildman–Crippen MR) is 77.8 cm³/mol. The topological polar surface area (TPSA) is 90.1 Å². The Kier molecular flexibility index (Phi) is 4.75. The Hall–Kier alpha value is -2.28. The van der Waals surface area contributed by atoms with E-state index in [0.717, 1.165) is 25.0 Å². The van der Waals surface area contributed by atoms with Crippen molar-refractivity contribution in [1.29, 1.82) is 0 Å². The quantitative estimate of drug-likeness (QED) is 0.866. The van der Waals surface area contributed by atoms with Crippen molar-refractivity contribution in [1.82, 2.24) is 20.4 Å². The molecule has 0 saturated carbocycles. The summed E-state index contributed by atoms with van der Waals surface area (Å²) >= 11 is 0. The Morgan fingerprint density at radius 1 is 1.45 bits per heavy atom. The molecule has 1 amide bonds. The Morgan fingerprint density at radius 3 is 3.18 bits per heavy atom. The molecule has 1 N–H and O–H groups in total. The number of aromatic nitrogens is 3. The highest BCUT2D eigenvalue weighted by molar-refractivity contribution is 5.76. The van der Waals surface area contributed by atoms with Gasteiger partial charge in [0.1, 0.15) is 0 Å². The minimum atomic E-state index is -0.0309. The fourth-order valence-electron chi connectivity index (χ4n) is 2.31. The van der Waals surface area contributed by atoms with Gasteiger partial charge in [-0.2, -0.15) is 4.98 Å². The van der Waals surface area contributed by atoms with Crippen LogP contribution in [0, 0.1) is 0 Å². The summed E-state index contributed by atoms with van der Waals surface area (Å²) < 4.78 is 10.6. The number of hydrogen-bond acceptors (Lipinski definition) is 6. The summed E-state index contributed by atoms with van der Waals surface area (Å²) in [7, 11) is 0. The predicted octanol–water partition coefficient (Wildman–Crippen LogP) is 1.36. The van der Waals surface area contributed by atoms with Crippen LogP contribution in [-0.4, -0.2) is 40.3 Å². The van der Waals surface area contributed by atoms with E-state index in [4.69, 9.17) is 9.26 Å². The van der Waals surface area contributed by atoms with Gasteiger partial charge in [-0.15, -0.1) is 0 Å². The lowest BCUT2D eigenvalue weighted by Gasteiger charge is -2.09. The lowest BCUT2D eigenvalue weighted by atomic mass is 10.2. The summed E-state index contributed by atoms with van der Waals surface area (Å²) in [5, 5.41) is 6.77. The molecule has 3 heterocycles. The van der Waals surface area contributed by atoms with Crippen molar-refractivity contribution in [2.45, 2.75) is 31.8 Å². The molecule has 2 aromatic rings. The van der Waals surface area contributed by atoms with Crippen molar-refractivity contribution >= 4 is 5.91 Å². The van der Waals surface area contributed by atoms with E-state index in [1.807, 2.05) is 12.1 Å². The largest absolute Gasteiger partial charge is 0.376 e. The molecule has 1 aliphatic heterocycles. The van der Waals surface area contributed by atoms with E-state index in [-0.39, 0.29) is 12.0 Å². The molecule has 0 aliphatic carbocycles. The zero-order chi connectivity index (χ0) is 15.2. The van der Waals surface area contributed by atoms with E-state index >= 15 is 0 Å². The number of ether oxygens (including phenoxy) is 1. The van der Waals surface area contributed by atoms with Gasteiger partial charge in [-0.1, -0.05) is 5.16 Å². The molecule has 2 aromatic heterocycles. The van der Waals surface area contributed by atoms with Crippen LogP contribution in [0.25, 0.3) is 11.4 Å². The number of pyridine rings is 1. The number of aryl methyl sites for hydroxylation is 1. The van der Waals surface area contributed by atoms with Crippen LogP contribution in [0.4, 0.5) is 0 Å². The van der Waals surface area contributed by atoms with Crippen molar-refractivity contribution in [3.8, 4) is 11.4 Å². The smallest absolute Gasteiger partial charge is 0.227 e. The van der Waals surface area contributed by atoms with E-state index in [9.17, 15) is 4.79 Å². The number of carbonyl (C=O) groups excluding carboxylic acids is 1. The zero-order valence-corrected chi connectivity index (χ0v) is 12.2. The van der Waals surface area contributed by atoms with Crippen LogP contribution in [0.2, 0.25) is 0 Å². The molecule has 0 radical (unpaired) electrons. The first kappa shape index (κ1) is 14.6. The molecule has 0 spiro atoms. The summed E-state index contributed by atoms with van der Waals surface area (Å²) in [6.45, 7) is 1.36. The molecule has 0 bridgehead atoms. The summed E-state index contributed by atoms with van der Waals surface area (Å²) in [6, 6.07) is 3.67. The zero-order valence-electron chi connectivity index (χ0n) is 12.2. The first-order chi connectivity index (χ1) is 10.8. The first-order valence-corrected chi connectivity index (χ1v) is 7.42. The Labute approximate surface area is 128 Å². The van der Waals surface area contributed by atoms with E-state index in [2.05, 4.69) is 20.4 Å². The van der Waals surface area contributed by atoms with Crippen molar-refractivity contribution in [3.63, 3.8) is 0 Å². The second-order valence-corrected chi connectivity index (χ2v) is 5.19. The Bertz CT molecular complexity index is 608. The molecule has 7 heteroatoms. The lowest BCUT2D eigenvalue weighted by Crippen LogP contribution is -2.31. The summed E-state index contributed by atoms with van der Waals surface area (Å²) in [6.07, 6.45) is 6.33. The highest BCUT2D eigenvalue weighted by Gasteiger charge is 2.16. The van der Waals surface area contributed by atoms with Crippen LogP contribution in [-0.2, 0) is 16.0 Å². The second-order valence-electron chi connectivity index (χ2n) is 5.19. The highest BCUT2D eigenvalue weighted by atomic mass is 16.5. The number of carbonyl (C=O) groups is 1.